The van der Waals surface area contributed by atoms with Crippen LogP contribution in [0.2, 0.25) is 0 Å². The molecule has 4 aromatic rings. The van der Waals surface area contributed by atoms with Crippen LogP contribution < -0.4 is 10.1 Å². The normalized spacial score (nSPS) is 12.4. The largest absolute Gasteiger partial charge is 0.497 e. The summed E-state index contributed by atoms with van der Waals surface area (Å²) in [6.45, 7) is 2.97. The molecule has 0 saturated heterocycles. The average Bonchev–Trinajstić information content (AvgIpc) is 3.00. The van der Waals surface area contributed by atoms with Crippen LogP contribution in [0, 0.1) is 0 Å². The minimum Gasteiger partial charge on any atom is -0.497 e. The van der Waals surface area contributed by atoms with Gasteiger partial charge in [-0.2, -0.15) is 0 Å². The molecule has 4 aromatic carbocycles. The molecule has 0 radical (unpaired) electrons. The first-order chi connectivity index (χ1) is 19.4. The first-order valence-corrected chi connectivity index (χ1v) is 13.2. The number of carbonyl (C=O) groups excluding carboxylic acids is 1. The van der Waals surface area contributed by atoms with E-state index in [0.29, 0.717) is 29.3 Å². The van der Waals surface area contributed by atoms with Crippen LogP contribution in [-0.2, 0) is 28.0 Å². The molecule has 7 nitrogen and oxygen atoms in total. The Morgan fingerprint density at radius 2 is 1.38 bits per heavy atom. The molecule has 0 aliphatic heterocycles. The van der Waals surface area contributed by atoms with Crippen LogP contribution in [0.4, 0.5) is 11.4 Å². The van der Waals surface area contributed by atoms with Crippen molar-refractivity contribution in [3.8, 4) is 5.75 Å². The number of anilines is 1. The van der Waals surface area contributed by atoms with Gasteiger partial charge < -0.3 is 14.8 Å². The molecule has 0 aromatic heterocycles. The van der Waals surface area contributed by atoms with Crippen molar-refractivity contribution >= 4 is 34.6 Å². The van der Waals surface area contributed by atoms with Crippen molar-refractivity contribution in [3.05, 3.63) is 126 Å². The van der Waals surface area contributed by atoms with Crippen LogP contribution in [0.1, 0.15) is 23.6 Å². The predicted molar refractivity (Wildman–Crippen MR) is 162 cm³/mol. The Balaban J connectivity index is 1.54. The van der Waals surface area contributed by atoms with Gasteiger partial charge in [0.25, 0.3) is 0 Å². The Morgan fingerprint density at radius 3 is 1.88 bits per heavy atom. The van der Waals surface area contributed by atoms with E-state index in [9.17, 15) is 4.79 Å². The standard InChI is InChI=1S/C32H32N4O3S/c1-32(31(37)39-3,30(40)33-27-18-20-29(38-2)21-19-27)26-14-16-28(17-15-26)34-35-36(22-24-10-6-4-7-11-24)23-25-12-8-5-9-13-25/h4-21H,22-23H2,1-3H3,(H,33,40). The second kappa shape index (κ2) is 13.5. The number of nitrogens with one attached hydrogen (secondary N) is 1. The fourth-order valence-electron chi connectivity index (χ4n) is 4.16. The summed E-state index contributed by atoms with van der Waals surface area (Å²) in [5.41, 5.74) is 3.12. The zero-order valence-electron chi connectivity index (χ0n) is 22.8. The molecule has 0 saturated carbocycles. The Hall–Kier alpha value is -4.56. The Morgan fingerprint density at radius 1 is 0.825 bits per heavy atom. The van der Waals surface area contributed by atoms with Crippen LogP contribution in [0.3, 0.4) is 0 Å². The van der Waals surface area contributed by atoms with E-state index in [1.54, 1.807) is 14.0 Å². The first kappa shape index (κ1) is 28.4. The van der Waals surface area contributed by atoms with Crippen molar-refractivity contribution in [1.29, 1.82) is 0 Å². The molecule has 0 aliphatic carbocycles. The monoisotopic (exact) mass is 552 g/mol. The molecule has 0 amide bonds. The molecule has 0 heterocycles. The molecule has 204 valence electrons. The zero-order chi connectivity index (χ0) is 28.4. The molecule has 8 heteroatoms. The van der Waals surface area contributed by atoms with Crippen LogP contribution in [0.25, 0.3) is 0 Å². The van der Waals surface area contributed by atoms with Crippen molar-refractivity contribution in [3.63, 3.8) is 0 Å². The summed E-state index contributed by atoms with van der Waals surface area (Å²) < 4.78 is 10.4. The summed E-state index contributed by atoms with van der Waals surface area (Å²) in [4.78, 5) is 13.3. The van der Waals surface area contributed by atoms with Crippen molar-refractivity contribution in [2.45, 2.75) is 25.4 Å². The van der Waals surface area contributed by atoms with Crippen molar-refractivity contribution in [1.82, 2.24) is 5.01 Å². The van der Waals surface area contributed by atoms with Gasteiger partial charge in [-0.15, -0.1) is 5.11 Å². The number of carbonyl (C=O) groups is 1. The number of ether oxygens (including phenoxy) is 2. The van der Waals surface area contributed by atoms with Crippen molar-refractivity contribution in [2.24, 2.45) is 10.3 Å². The number of esters is 1. The minimum absolute atomic E-state index is 0.316. The van der Waals surface area contributed by atoms with Gasteiger partial charge in [0.1, 0.15) is 16.2 Å². The van der Waals surface area contributed by atoms with E-state index in [4.69, 9.17) is 21.7 Å². The third kappa shape index (κ3) is 7.09. The molecule has 0 aliphatic rings. The molecule has 4 rings (SSSR count). The molecule has 1 N–H and O–H groups in total. The molecule has 40 heavy (non-hydrogen) atoms. The van der Waals surface area contributed by atoms with E-state index in [1.807, 2.05) is 89.9 Å². The number of methoxy groups -OCH3 is 2. The zero-order valence-corrected chi connectivity index (χ0v) is 23.6. The lowest BCUT2D eigenvalue weighted by atomic mass is 9.82. The first-order valence-electron chi connectivity index (χ1n) is 12.8. The van der Waals surface area contributed by atoms with E-state index >= 15 is 0 Å². The summed E-state index contributed by atoms with van der Waals surface area (Å²) in [6.07, 6.45) is 0. The smallest absolute Gasteiger partial charge is 0.322 e. The maximum Gasteiger partial charge on any atom is 0.322 e. The van der Waals surface area contributed by atoms with Gasteiger partial charge in [-0.1, -0.05) is 90.2 Å². The number of thiocarbonyl (C=S) groups is 1. The molecule has 0 fully saturated rings. The second-order valence-corrected chi connectivity index (χ2v) is 9.74. The highest BCUT2D eigenvalue weighted by Gasteiger charge is 2.41. The van der Waals surface area contributed by atoms with Gasteiger partial charge in [0.15, 0.2) is 0 Å². The fraction of sp³-hybridized carbons (Fsp3) is 0.188. The van der Waals surface area contributed by atoms with Crippen molar-refractivity contribution in [2.75, 3.05) is 19.5 Å². The fourth-order valence-corrected chi connectivity index (χ4v) is 4.48. The molecular formula is C32H32N4O3S. The SMILES string of the molecule is COC(=O)C(C)(C(=S)Nc1ccc(OC)cc1)c1ccc(N=NN(Cc2ccccc2)Cc2ccccc2)cc1. The lowest BCUT2D eigenvalue weighted by molar-refractivity contribution is -0.144. The summed E-state index contributed by atoms with van der Waals surface area (Å²) in [7, 11) is 2.96. The Bertz CT molecular complexity index is 1390. The number of benzene rings is 4. The number of hydrogen-bond acceptors (Lipinski definition) is 6. The number of nitrogens with zero attached hydrogens (tertiary/aromatic N) is 3. The molecule has 1 atom stereocenters. The minimum atomic E-state index is -1.22. The molecular weight excluding hydrogens is 520 g/mol. The van der Waals surface area contributed by atoms with E-state index in [2.05, 4.69) is 39.9 Å². The highest BCUT2D eigenvalue weighted by molar-refractivity contribution is 7.80. The summed E-state index contributed by atoms with van der Waals surface area (Å²) in [5.74, 6) is 0.257. The lowest BCUT2D eigenvalue weighted by Crippen LogP contribution is -2.44. The van der Waals surface area contributed by atoms with Crippen LogP contribution in [0.5, 0.6) is 5.75 Å². The van der Waals surface area contributed by atoms with Crippen LogP contribution in [-0.4, -0.2) is 30.2 Å². The van der Waals surface area contributed by atoms with Gasteiger partial charge in [-0.25, -0.2) is 0 Å². The highest BCUT2D eigenvalue weighted by Crippen LogP contribution is 2.31. The van der Waals surface area contributed by atoms with Crippen LogP contribution >= 0.6 is 12.2 Å². The summed E-state index contributed by atoms with van der Waals surface area (Å²) >= 11 is 5.71. The molecule has 0 spiro atoms. The van der Waals surface area contributed by atoms with Gasteiger partial charge in [-0.3, -0.25) is 9.80 Å². The van der Waals surface area contributed by atoms with E-state index in [0.717, 1.165) is 22.6 Å². The van der Waals surface area contributed by atoms with Gasteiger partial charge in [0, 0.05) is 5.69 Å². The maximum atomic E-state index is 13.0. The van der Waals surface area contributed by atoms with Gasteiger partial charge >= 0.3 is 5.97 Å². The maximum absolute atomic E-state index is 13.0. The second-order valence-electron chi connectivity index (χ2n) is 9.33. The topological polar surface area (TPSA) is 75.5 Å². The Kier molecular flexibility index (Phi) is 9.59. The van der Waals surface area contributed by atoms with Gasteiger partial charge in [0.2, 0.25) is 0 Å². The van der Waals surface area contributed by atoms with E-state index in [1.165, 1.54) is 7.11 Å². The third-order valence-corrected chi connectivity index (χ3v) is 7.05. The predicted octanol–water partition coefficient (Wildman–Crippen LogP) is 7.27. The third-order valence-electron chi connectivity index (χ3n) is 6.54. The van der Waals surface area contributed by atoms with Crippen LogP contribution in [0.15, 0.2) is 120 Å². The highest BCUT2D eigenvalue weighted by atomic mass is 32.1. The average molecular weight is 553 g/mol. The number of rotatable bonds is 11. The van der Waals surface area contributed by atoms with E-state index < -0.39 is 11.4 Å². The quantitative estimate of drug-likeness (QED) is 0.0913. The van der Waals surface area contributed by atoms with Gasteiger partial charge in [-0.05, 0) is 60.0 Å². The summed E-state index contributed by atoms with van der Waals surface area (Å²) in [5, 5.41) is 14.1. The lowest BCUT2D eigenvalue weighted by Gasteiger charge is -2.29. The Labute approximate surface area is 240 Å². The summed E-state index contributed by atoms with van der Waals surface area (Å²) in [6, 6.07) is 34.9. The number of hydrogen-bond donors (Lipinski definition) is 1. The molecule has 0 bridgehead atoms. The van der Waals surface area contributed by atoms with Crippen molar-refractivity contribution < 1.29 is 14.3 Å². The van der Waals surface area contributed by atoms with E-state index in [-0.39, 0.29) is 0 Å². The van der Waals surface area contributed by atoms with Gasteiger partial charge in [0.05, 0.1) is 33.0 Å². The molecule has 1 unspecified atom stereocenters.